The number of thioether (sulfide) groups is 1. The monoisotopic (exact) mass is 407 g/mol. The van der Waals surface area contributed by atoms with Crippen LogP contribution < -0.4 is 5.32 Å². The summed E-state index contributed by atoms with van der Waals surface area (Å²) in [5.41, 5.74) is 3.38. The number of amides is 1. The number of nitrogens with zero attached hydrogens (tertiary/aromatic N) is 2. The Labute approximate surface area is 173 Å². The minimum atomic E-state index is -0.419. The number of ether oxygens (including phenoxy) is 1. The van der Waals surface area contributed by atoms with Crippen LogP contribution in [0.4, 0.5) is 5.69 Å². The lowest BCUT2D eigenvalue weighted by Gasteiger charge is -2.12. The molecule has 0 saturated heterocycles. The van der Waals surface area contributed by atoms with Crippen molar-refractivity contribution in [3.63, 3.8) is 0 Å². The van der Waals surface area contributed by atoms with Gasteiger partial charge in [0.15, 0.2) is 0 Å². The molecule has 1 N–H and O–H groups in total. The summed E-state index contributed by atoms with van der Waals surface area (Å²) in [5, 5.41) is 3.53. The van der Waals surface area contributed by atoms with Gasteiger partial charge < -0.3 is 10.1 Å². The lowest BCUT2D eigenvalue weighted by molar-refractivity contribution is 0.0526. The molecule has 6 nitrogen and oxygen atoms in total. The van der Waals surface area contributed by atoms with E-state index in [1.165, 1.54) is 11.8 Å². The van der Waals surface area contributed by atoms with Gasteiger partial charge in [-0.25, -0.2) is 9.78 Å². The molecule has 3 rings (SSSR count). The molecule has 0 aliphatic rings. The zero-order chi connectivity index (χ0) is 20.6. The molecular formula is C22H21N3O3S. The van der Waals surface area contributed by atoms with E-state index in [1.54, 1.807) is 55.8 Å². The Morgan fingerprint density at radius 2 is 1.90 bits per heavy atom. The van der Waals surface area contributed by atoms with Crippen molar-refractivity contribution in [2.75, 3.05) is 11.9 Å². The highest BCUT2D eigenvalue weighted by Crippen LogP contribution is 2.25. The highest BCUT2D eigenvalue weighted by molar-refractivity contribution is 7.98. The molecule has 7 heteroatoms. The van der Waals surface area contributed by atoms with Crippen LogP contribution >= 0.6 is 11.8 Å². The van der Waals surface area contributed by atoms with E-state index in [4.69, 9.17) is 4.74 Å². The first kappa shape index (κ1) is 20.5. The normalized spacial score (nSPS) is 10.4. The van der Waals surface area contributed by atoms with Gasteiger partial charge >= 0.3 is 5.97 Å². The van der Waals surface area contributed by atoms with Crippen LogP contribution in [0.2, 0.25) is 0 Å². The Hall–Kier alpha value is -3.19. The van der Waals surface area contributed by atoms with E-state index in [0.717, 1.165) is 11.1 Å². The minimum absolute atomic E-state index is 0.278. The van der Waals surface area contributed by atoms with E-state index >= 15 is 0 Å². The van der Waals surface area contributed by atoms with Gasteiger partial charge in [-0.1, -0.05) is 6.07 Å². The SMILES string of the molecule is CCOC(=O)c1ccc(C)c(NC(=O)c2cccnc2SCc2ccncc2)c1. The van der Waals surface area contributed by atoms with Gasteiger partial charge in [-0.15, -0.1) is 11.8 Å². The summed E-state index contributed by atoms with van der Waals surface area (Å²) in [5.74, 6) is -0.0191. The maximum Gasteiger partial charge on any atom is 0.338 e. The maximum atomic E-state index is 12.9. The molecule has 29 heavy (non-hydrogen) atoms. The van der Waals surface area contributed by atoms with Crippen LogP contribution in [0, 0.1) is 6.92 Å². The van der Waals surface area contributed by atoms with E-state index in [0.29, 0.717) is 34.2 Å². The molecule has 0 spiro atoms. The van der Waals surface area contributed by atoms with Crippen molar-refractivity contribution < 1.29 is 14.3 Å². The fraction of sp³-hybridized carbons (Fsp3) is 0.182. The number of rotatable bonds is 7. The lowest BCUT2D eigenvalue weighted by atomic mass is 10.1. The molecule has 2 aromatic heterocycles. The Morgan fingerprint density at radius 3 is 2.66 bits per heavy atom. The van der Waals surface area contributed by atoms with Gasteiger partial charge in [0.05, 0.1) is 17.7 Å². The van der Waals surface area contributed by atoms with Crippen molar-refractivity contribution in [1.82, 2.24) is 9.97 Å². The molecular weight excluding hydrogens is 386 g/mol. The number of anilines is 1. The number of aromatic nitrogens is 2. The van der Waals surface area contributed by atoms with Crippen molar-refractivity contribution in [1.29, 1.82) is 0 Å². The van der Waals surface area contributed by atoms with Crippen LogP contribution in [0.1, 0.15) is 38.8 Å². The molecule has 1 aromatic carbocycles. The first-order chi connectivity index (χ1) is 14.1. The van der Waals surface area contributed by atoms with Crippen LogP contribution in [0.25, 0.3) is 0 Å². The third-order valence-corrected chi connectivity index (χ3v) is 5.21. The van der Waals surface area contributed by atoms with Crippen molar-refractivity contribution in [3.8, 4) is 0 Å². The average Bonchev–Trinajstić information content (AvgIpc) is 2.75. The Morgan fingerprint density at radius 1 is 1.10 bits per heavy atom. The van der Waals surface area contributed by atoms with Crippen molar-refractivity contribution in [3.05, 3.63) is 83.3 Å². The summed E-state index contributed by atoms with van der Waals surface area (Å²) < 4.78 is 5.04. The summed E-state index contributed by atoms with van der Waals surface area (Å²) in [6.45, 7) is 3.91. The van der Waals surface area contributed by atoms with E-state index in [1.807, 2.05) is 19.1 Å². The van der Waals surface area contributed by atoms with Crippen LogP contribution in [0.3, 0.4) is 0 Å². The number of aryl methyl sites for hydroxylation is 1. The van der Waals surface area contributed by atoms with Crippen molar-refractivity contribution in [2.24, 2.45) is 0 Å². The number of esters is 1. The molecule has 1 amide bonds. The molecule has 3 aromatic rings. The third-order valence-electron chi connectivity index (χ3n) is 4.14. The molecule has 0 radical (unpaired) electrons. The van der Waals surface area contributed by atoms with E-state index in [9.17, 15) is 9.59 Å². The Balaban J connectivity index is 1.77. The highest BCUT2D eigenvalue weighted by Gasteiger charge is 2.16. The second kappa shape index (κ2) is 9.84. The zero-order valence-electron chi connectivity index (χ0n) is 16.2. The second-order valence-electron chi connectivity index (χ2n) is 6.20. The largest absolute Gasteiger partial charge is 0.462 e. The molecule has 0 unspecified atom stereocenters. The van der Waals surface area contributed by atoms with Gasteiger partial charge in [0.1, 0.15) is 5.03 Å². The van der Waals surface area contributed by atoms with Gasteiger partial charge in [0.25, 0.3) is 5.91 Å². The fourth-order valence-corrected chi connectivity index (χ4v) is 3.54. The van der Waals surface area contributed by atoms with E-state index in [-0.39, 0.29) is 5.91 Å². The maximum absolute atomic E-state index is 12.9. The quantitative estimate of drug-likeness (QED) is 0.459. The van der Waals surface area contributed by atoms with Gasteiger partial charge in [-0.05, 0) is 61.4 Å². The number of pyridine rings is 2. The lowest BCUT2D eigenvalue weighted by Crippen LogP contribution is -2.15. The number of carbonyl (C=O) groups is 2. The van der Waals surface area contributed by atoms with Crippen molar-refractivity contribution >= 4 is 29.3 Å². The van der Waals surface area contributed by atoms with Gasteiger partial charge in [-0.3, -0.25) is 9.78 Å². The van der Waals surface area contributed by atoms with Gasteiger partial charge in [0, 0.05) is 30.0 Å². The molecule has 0 saturated carbocycles. The topological polar surface area (TPSA) is 81.2 Å². The second-order valence-corrected chi connectivity index (χ2v) is 7.17. The number of hydrogen-bond donors (Lipinski definition) is 1. The van der Waals surface area contributed by atoms with Crippen molar-refractivity contribution in [2.45, 2.75) is 24.6 Å². The summed E-state index contributed by atoms with van der Waals surface area (Å²) in [6.07, 6.45) is 5.14. The summed E-state index contributed by atoms with van der Waals surface area (Å²) in [7, 11) is 0. The number of hydrogen-bond acceptors (Lipinski definition) is 6. The molecule has 0 aliphatic heterocycles. The van der Waals surface area contributed by atoms with Crippen LogP contribution in [0.5, 0.6) is 0 Å². The van der Waals surface area contributed by atoms with E-state index in [2.05, 4.69) is 15.3 Å². The van der Waals surface area contributed by atoms with Gasteiger partial charge in [-0.2, -0.15) is 0 Å². The smallest absolute Gasteiger partial charge is 0.338 e. The molecule has 2 heterocycles. The number of benzene rings is 1. The first-order valence-electron chi connectivity index (χ1n) is 9.14. The molecule has 0 aliphatic carbocycles. The molecule has 0 fully saturated rings. The zero-order valence-corrected chi connectivity index (χ0v) is 17.0. The Bertz CT molecular complexity index is 1010. The van der Waals surface area contributed by atoms with E-state index < -0.39 is 5.97 Å². The third kappa shape index (κ3) is 5.42. The molecule has 0 bridgehead atoms. The summed E-state index contributed by atoms with van der Waals surface area (Å²) in [6, 6.07) is 12.4. The minimum Gasteiger partial charge on any atom is -0.462 e. The Kier molecular flexibility index (Phi) is 6.97. The predicted octanol–water partition coefficient (Wildman–Crippen LogP) is 4.51. The first-order valence-corrected chi connectivity index (χ1v) is 10.1. The average molecular weight is 407 g/mol. The summed E-state index contributed by atoms with van der Waals surface area (Å²) >= 11 is 1.48. The number of carbonyl (C=O) groups excluding carboxylic acids is 2. The highest BCUT2D eigenvalue weighted by atomic mass is 32.2. The van der Waals surface area contributed by atoms with Gasteiger partial charge in [0.2, 0.25) is 0 Å². The van der Waals surface area contributed by atoms with Crippen LogP contribution in [0.15, 0.2) is 66.1 Å². The van der Waals surface area contributed by atoms with Crippen LogP contribution in [-0.2, 0) is 10.5 Å². The summed E-state index contributed by atoms with van der Waals surface area (Å²) in [4.78, 5) is 33.3. The predicted molar refractivity (Wildman–Crippen MR) is 113 cm³/mol. The molecule has 148 valence electrons. The van der Waals surface area contributed by atoms with Crippen LogP contribution in [-0.4, -0.2) is 28.5 Å². The standard InChI is InChI=1S/C22H21N3O3S/c1-3-28-22(27)17-7-6-15(2)19(13-17)25-20(26)18-5-4-10-24-21(18)29-14-16-8-11-23-12-9-16/h4-13H,3,14H2,1-2H3,(H,25,26). The fourth-order valence-electron chi connectivity index (χ4n) is 2.60. The number of nitrogens with one attached hydrogen (secondary N) is 1. The molecule has 0 atom stereocenters.